The fourth-order valence-electron chi connectivity index (χ4n) is 2.07. The molecule has 24 heavy (non-hydrogen) atoms. The molecule has 7 nitrogen and oxygen atoms in total. The minimum Gasteiger partial charge on any atom is -0.456 e. The number of hydrogen-bond acceptors (Lipinski definition) is 5. The minimum absolute atomic E-state index is 0.557. The molecule has 128 valence electrons. The van der Waals surface area contributed by atoms with Crippen LogP contribution in [0.25, 0.3) is 0 Å². The number of urea groups is 1. The number of benzene rings is 1. The number of ketones is 1. The fraction of sp³-hybridized carbons (Fsp3) is 0.333. The summed E-state index contributed by atoms with van der Waals surface area (Å²) in [7, 11) is 0. The number of halogens is 2. The van der Waals surface area contributed by atoms with Crippen LogP contribution in [0.4, 0.5) is 13.6 Å². The van der Waals surface area contributed by atoms with E-state index in [1.54, 1.807) is 0 Å². The Balaban J connectivity index is 1.94. The number of hydrogen-bond donors (Lipinski definition) is 1. The Hall–Kier alpha value is -2.84. The highest BCUT2D eigenvalue weighted by Gasteiger charge is 2.45. The number of nitrogens with zero attached hydrogens (tertiary/aromatic N) is 1. The van der Waals surface area contributed by atoms with Crippen LogP contribution in [0.5, 0.6) is 0 Å². The zero-order valence-corrected chi connectivity index (χ0v) is 12.9. The van der Waals surface area contributed by atoms with Gasteiger partial charge in [-0.25, -0.2) is 13.6 Å². The summed E-state index contributed by atoms with van der Waals surface area (Å²) in [5, 5.41) is 2.37. The van der Waals surface area contributed by atoms with E-state index in [0.29, 0.717) is 11.0 Å². The predicted molar refractivity (Wildman–Crippen MR) is 76.0 cm³/mol. The summed E-state index contributed by atoms with van der Waals surface area (Å²) in [6, 6.07) is 1.55. The maximum Gasteiger partial charge on any atom is 0.326 e. The first-order chi connectivity index (χ1) is 11.1. The maximum absolute atomic E-state index is 13.4. The first-order valence-electron chi connectivity index (χ1n) is 6.90. The highest BCUT2D eigenvalue weighted by atomic mass is 19.1. The molecule has 0 aliphatic carbocycles. The molecule has 1 aliphatic rings. The van der Waals surface area contributed by atoms with Crippen LogP contribution in [0.1, 0.15) is 24.2 Å². The van der Waals surface area contributed by atoms with E-state index in [0.717, 1.165) is 12.1 Å². The lowest BCUT2D eigenvalue weighted by atomic mass is 10.1. The molecule has 1 aliphatic heterocycles. The van der Waals surface area contributed by atoms with Crippen molar-refractivity contribution in [1.82, 2.24) is 10.2 Å². The number of amides is 3. The summed E-state index contributed by atoms with van der Waals surface area (Å²) in [6.45, 7) is 1.41. The van der Waals surface area contributed by atoms with E-state index < -0.39 is 59.6 Å². The van der Waals surface area contributed by atoms with Gasteiger partial charge in [-0.3, -0.25) is 19.3 Å². The molecule has 0 bridgehead atoms. The molecule has 0 radical (unpaired) electrons. The largest absolute Gasteiger partial charge is 0.456 e. The van der Waals surface area contributed by atoms with E-state index in [4.69, 9.17) is 0 Å². The summed E-state index contributed by atoms with van der Waals surface area (Å²) < 4.78 is 31.1. The van der Waals surface area contributed by atoms with Gasteiger partial charge >= 0.3 is 12.0 Å². The standard InChI is InChI=1S/C15H14F2N2O5/c1-15(2)13(22)19(14(23)18-15)6-12(21)24-7-11(20)9-5-8(16)3-4-10(9)17/h3-5H,6-7H2,1-2H3,(H,18,23). The number of esters is 1. The summed E-state index contributed by atoms with van der Waals surface area (Å²) >= 11 is 0. The second-order valence-corrected chi connectivity index (χ2v) is 5.65. The van der Waals surface area contributed by atoms with Crippen molar-refractivity contribution in [3.8, 4) is 0 Å². The lowest BCUT2D eigenvalue weighted by Gasteiger charge is -2.15. The molecule has 1 saturated heterocycles. The van der Waals surface area contributed by atoms with Crippen molar-refractivity contribution >= 4 is 23.7 Å². The Kier molecular flexibility index (Phi) is 4.63. The van der Waals surface area contributed by atoms with E-state index in [-0.39, 0.29) is 0 Å². The van der Waals surface area contributed by atoms with Crippen LogP contribution in [0.2, 0.25) is 0 Å². The minimum atomic E-state index is -1.14. The van der Waals surface area contributed by atoms with Gasteiger partial charge in [-0.05, 0) is 32.0 Å². The Morgan fingerprint density at radius 3 is 2.50 bits per heavy atom. The number of nitrogens with one attached hydrogen (secondary N) is 1. The van der Waals surface area contributed by atoms with E-state index in [1.165, 1.54) is 13.8 Å². The molecule has 1 fully saturated rings. The van der Waals surface area contributed by atoms with Gasteiger partial charge in [-0.2, -0.15) is 0 Å². The van der Waals surface area contributed by atoms with Crippen molar-refractivity contribution in [2.24, 2.45) is 0 Å². The molecule has 3 amide bonds. The van der Waals surface area contributed by atoms with Crippen LogP contribution in [0.15, 0.2) is 18.2 Å². The molecule has 0 spiro atoms. The average Bonchev–Trinajstić information content (AvgIpc) is 2.69. The van der Waals surface area contributed by atoms with E-state index in [1.807, 2.05) is 0 Å². The lowest BCUT2D eigenvalue weighted by molar-refractivity contribution is -0.146. The van der Waals surface area contributed by atoms with Gasteiger partial charge in [0, 0.05) is 0 Å². The number of carbonyl (C=O) groups excluding carboxylic acids is 4. The number of ether oxygens (including phenoxy) is 1. The molecule has 0 aromatic heterocycles. The predicted octanol–water partition coefficient (Wildman–Crippen LogP) is 1.02. The topological polar surface area (TPSA) is 92.8 Å². The first kappa shape index (κ1) is 17.5. The van der Waals surface area contributed by atoms with E-state index in [2.05, 4.69) is 10.1 Å². The zero-order chi connectivity index (χ0) is 18.1. The summed E-state index contributed by atoms with van der Waals surface area (Å²) in [5.41, 5.74) is -1.70. The molecule has 9 heteroatoms. The summed E-state index contributed by atoms with van der Waals surface area (Å²) in [6.07, 6.45) is 0. The SMILES string of the molecule is CC1(C)NC(=O)N(CC(=O)OCC(=O)c2cc(F)ccc2F)C1=O. The number of rotatable bonds is 5. The van der Waals surface area contributed by atoms with Crippen molar-refractivity contribution in [1.29, 1.82) is 0 Å². The van der Waals surface area contributed by atoms with Gasteiger partial charge in [-0.15, -0.1) is 0 Å². The van der Waals surface area contributed by atoms with Gasteiger partial charge in [0.25, 0.3) is 5.91 Å². The van der Waals surface area contributed by atoms with E-state index >= 15 is 0 Å². The van der Waals surface area contributed by atoms with Gasteiger partial charge in [0.05, 0.1) is 5.56 Å². The molecule has 1 heterocycles. The quantitative estimate of drug-likeness (QED) is 0.491. The van der Waals surface area contributed by atoms with Crippen LogP contribution in [-0.2, 0) is 14.3 Å². The Morgan fingerprint density at radius 1 is 1.25 bits per heavy atom. The molecule has 0 atom stereocenters. The first-order valence-corrected chi connectivity index (χ1v) is 6.90. The Morgan fingerprint density at radius 2 is 1.92 bits per heavy atom. The third-order valence-electron chi connectivity index (χ3n) is 3.32. The molecule has 1 N–H and O–H groups in total. The third-order valence-corrected chi connectivity index (χ3v) is 3.32. The zero-order valence-electron chi connectivity index (χ0n) is 12.9. The molecule has 2 rings (SSSR count). The highest BCUT2D eigenvalue weighted by molar-refractivity contribution is 6.08. The van der Waals surface area contributed by atoms with E-state index in [9.17, 15) is 28.0 Å². The highest BCUT2D eigenvalue weighted by Crippen LogP contribution is 2.16. The van der Waals surface area contributed by atoms with Crippen LogP contribution in [0.3, 0.4) is 0 Å². The molecular formula is C15H14F2N2O5. The third kappa shape index (κ3) is 3.55. The van der Waals surface area contributed by atoms with Crippen molar-refractivity contribution in [3.05, 3.63) is 35.4 Å². The smallest absolute Gasteiger partial charge is 0.326 e. The van der Waals surface area contributed by atoms with Gasteiger partial charge in [0.1, 0.15) is 23.7 Å². The summed E-state index contributed by atoms with van der Waals surface area (Å²) in [4.78, 5) is 47.6. The lowest BCUT2D eigenvalue weighted by Crippen LogP contribution is -2.41. The van der Waals surface area contributed by atoms with Crippen molar-refractivity contribution in [2.75, 3.05) is 13.2 Å². The normalized spacial score (nSPS) is 16.1. The van der Waals surface area contributed by atoms with Gasteiger partial charge in [-0.1, -0.05) is 0 Å². The molecule has 1 aromatic carbocycles. The maximum atomic E-state index is 13.4. The van der Waals surface area contributed by atoms with Gasteiger partial charge in [0.15, 0.2) is 6.61 Å². The fourth-order valence-corrected chi connectivity index (χ4v) is 2.07. The Bertz CT molecular complexity index is 733. The second-order valence-electron chi connectivity index (χ2n) is 5.65. The van der Waals surface area contributed by atoms with Crippen LogP contribution < -0.4 is 5.32 Å². The Labute approximate surface area is 135 Å². The molecule has 1 aromatic rings. The van der Waals surface area contributed by atoms with Crippen molar-refractivity contribution in [3.63, 3.8) is 0 Å². The number of carbonyl (C=O) groups is 4. The van der Waals surface area contributed by atoms with Crippen LogP contribution >= 0.6 is 0 Å². The van der Waals surface area contributed by atoms with Gasteiger partial charge < -0.3 is 10.1 Å². The monoisotopic (exact) mass is 340 g/mol. The number of Topliss-reactive ketones (excluding diaryl/α,β-unsaturated/α-hetero) is 1. The summed E-state index contributed by atoms with van der Waals surface area (Å²) in [5.74, 6) is -4.35. The second kappa shape index (κ2) is 6.34. The van der Waals surface area contributed by atoms with Crippen molar-refractivity contribution in [2.45, 2.75) is 19.4 Å². The molecule has 0 unspecified atom stereocenters. The average molecular weight is 340 g/mol. The van der Waals surface area contributed by atoms with Crippen LogP contribution in [-0.4, -0.2) is 47.3 Å². The molecule has 0 saturated carbocycles. The van der Waals surface area contributed by atoms with Crippen molar-refractivity contribution < 1.29 is 32.7 Å². The van der Waals surface area contributed by atoms with Crippen LogP contribution in [0, 0.1) is 11.6 Å². The molecular weight excluding hydrogens is 326 g/mol. The number of imide groups is 1. The van der Waals surface area contributed by atoms with Gasteiger partial charge in [0.2, 0.25) is 5.78 Å².